The molecule has 0 bridgehead atoms. The molecular weight excluding hydrogens is 326 g/mol. The van der Waals surface area contributed by atoms with Gasteiger partial charge in [0.15, 0.2) is 5.82 Å². The number of carbonyl (C=O) groups excluding carboxylic acids is 1. The number of aromatic nitrogens is 3. The molecule has 0 spiro atoms. The SMILES string of the molecule is CC(C)Nc1cc(C(=O)NCc2cccnc2)nc(-c2ccccc2)n1. The van der Waals surface area contributed by atoms with Crippen molar-refractivity contribution >= 4 is 11.7 Å². The maximum atomic E-state index is 12.6. The number of anilines is 1. The number of benzene rings is 1. The second kappa shape index (κ2) is 8.20. The zero-order valence-electron chi connectivity index (χ0n) is 14.8. The summed E-state index contributed by atoms with van der Waals surface area (Å²) in [5.74, 6) is 0.892. The van der Waals surface area contributed by atoms with Crippen LogP contribution in [0.1, 0.15) is 29.9 Å². The van der Waals surface area contributed by atoms with Gasteiger partial charge >= 0.3 is 0 Å². The molecule has 2 aromatic heterocycles. The van der Waals surface area contributed by atoms with E-state index in [-0.39, 0.29) is 11.9 Å². The fourth-order valence-corrected chi connectivity index (χ4v) is 2.43. The fourth-order valence-electron chi connectivity index (χ4n) is 2.43. The molecule has 132 valence electrons. The molecule has 26 heavy (non-hydrogen) atoms. The van der Waals surface area contributed by atoms with Gasteiger partial charge in [-0.05, 0) is 25.5 Å². The van der Waals surface area contributed by atoms with E-state index in [9.17, 15) is 4.79 Å². The zero-order chi connectivity index (χ0) is 18.4. The van der Waals surface area contributed by atoms with Gasteiger partial charge in [-0.25, -0.2) is 9.97 Å². The van der Waals surface area contributed by atoms with Crippen LogP contribution >= 0.6 is 0 Å². The highest BCUT2D eigenvalue weighted by atomic mass is 16.1. The Morgan fingerprint density at radius 3 is 2.58 bits per heavy atom. The maximum Gasteiger partial charge on any atom is 0.270 e. The molecule has 0 atom stereocenters. The highest BCUT2D eigenvalue weighted by molar-refractivity contribution is 5.93. The third kappa shape index (κ3) is 4.63. The Balaban J connectivity index is 1.86. The van der Waals surface area contributed by atoms with E-state index >= 15 is 0 Å². The van der Waals surface area contributed by atoms with E-state index in [0.29, 0.717) is 23.9 Å². The van der Waals surface area contributed by atoms with E-state index in [1.165, 1.54) is 0 Å². The molecule has 3 rings (SSSR count). The van der Waals surface area contributed by atoms with E-state index < -0.39 is 0 Å². The fraction of sp³-hybridized carbons (Fsp3) is 0.200. The van der Waals surface area contributed by atoms with Crippen molar-refractivity contribution in [3.8, 4) is 11.4 Å². The van der Waals surface area contributed by atoms with Crippen LogP contribution in [0, 0.1) is 0 Å². The number of hydrogen-bond donors (Lipinski definition) is 2. The lowest BCUT2D eigenvalue weighted by Gasteiger charge is -2.12. The summed E-state index contributed by atoms with van der Waals surface area (Å²) < 4.78 is 0. The van der Waals surface area contributed by atoms with Gasteiger partial charge in [-0.1, -0.05) is 36.4 Å². The minimum atomic E-state index is -0.250. The first-order chi connectivity index (χ1) is 12.6. The van der Waals surface area contributed by atoms with E-state index in [0.717, 1.165) is 11.1 Å². The van der Waals surface area contributed by atoms with Crippen LogP contribution in [0.3, 0.4) is 0 Å². The van der Waals surface area contributed by atoms with Gasteiger partial charge in [0.1, 0.15) is 11.5 Å². The molecule has 0 saturated carbocycles. The van der Waals surface area contributed by atoms with Gasteiger partial charge in [-0.15, -0.1) is 0 Å². The van der Waals surface area contributed by atoms with E-state index in [1.807, 2.05) is 56.3 Å². The molecule has 3 aromatic rings. The summed E-state index contributed by atoms with van der Waals surface area (Å²) in [5.41, 5.74) is 2.12. The number of nitrogens with zero attached hydrogens (tertiary/aromatic N) is 3. The quantitative estimate of drug-likeness (QED) is 0.715. The lowest BCUT2D eigenvalue weighted by atomic mass is 10.2. The topological polar surface area (TPSA) is 79.8 Å². The lowest BCUT2D eigenvalue weighted by molar-refractivity contribution is 0.0946. The van der Waals surface area contributed by atoms with Gasteiger partial charge in [-0.2, -0.15) is 0 Å². The number of amides is 1. The third-order valence-electron chi connectivity index (χ3n) is 3.60. The number of carbonyl (C=O) groups is 1. The standard InChI is InChI=1S/C20H21N5O/c1-14(2)23-18-11-17(20(26)22-13-15-7-6-10-21-12-15)24-19(25-18)16-8-4-3-5-9-16/h3-12,14H,13H2,1-2H3,(H,22,26)(H,23,24,25). The molecule has 0 aliphatic rings. The molecule has 0 unspecified atom stereocenters. The summed E-state index contributed by atoms with van der Waals surface area (Å²) in [6.45, 7) is 4.43. The van der Waals surface area contributed by atoms with Gasteiger partial charge in [0.2, 0.25) is 0 Å². The van der Waals surface area contributed by atoms with Crippen LogP contribution in [0.15, 0.2) is 60.9 Å². The number of nitrogens with one attached hydrogen (secondary N) is 2. The summed E-state index contributed by atoms with van der Waals surface area (Å²) in [6, 6.07) is 15.2. The van der Waals surface area contributed by atoms with Crippen LogP contribution in [0.4, 0.5) is 5.82 Å². The van der Waals surface area contributed by atoms with Crippen molar-refractivity contribution in [2.45, 2.75) is 26.4 Å². The zero-order valence-corrected chi connectivity index (χ0v) is 14.8. The van der Waals surface area contributed by atoms with E-state index in [2.05, 4.69) is 25.6 Å². The summed E-state index contributed by atoms with van der Waals surface area (Å²) in [6.07, 6.45) is 3.42. The van der Waals surface area contributed by atoms with E-state index in [4.69, 9.17) is 0 Å². The molecule has 0 aliphatic heterocycles. The van der Waals surface area contributed by atoms with Crippen LogP contribution in [-0.4, -0.2) is 26.9 Å². The van der Waals surface area contributed by atoms with Crippen LogP contribution in [0.5, 0.6) is 0 Å². The molecular formula is C20H21N5O. The number of hydrogen-bond acceptors (Lipinski definition) is 5. The molecule has 0 aliphatic carbocycles. The summed E-state index contributed by atoms with van der Waals surface area (Å²) in [4.78, 5) is 25.6. The molecule has 0 fully saturated rings. The Hall–Kier alpha value is -3.28. The Morgan fingerprint density at radius 2 is 1.88 bits per heavy atom. The minimum Gasteiger partial charge on any atom is -0.368 e. The lowest BCUT2D eigenvalue weighted by Crippen LogP contribution is -2.25. The molecule has 1 aromatic carbocycles. The molecule has 6 heteroatoms. The van der Waals surface area contributed by atoms with Crippen LogP contribution in [0.25, 0.3) is 11.4 Å². The smallest absolute Gasteiger partial charge is 0.270 e. The molecule has 2 heterocycles. The van der Waals surface area contributed by atoms with Crippen molar-refractivity contribution in [1.82, 2.24) is 20.3 Å². The van der Waals surface area contributed by atoms with E-state index in [1.54, 1.807) is 18.5 Å². The normalized spacial score (nSPS) is 10.6. The van der Waals surface area contributed by atoms with Crippen molar-refractivity contribution in [2.24, 2.45) is 0 Å². The Morgan fingerprint density at radius 1 is 1.08 bits per heavy atom. The van der Waals surface area contributed by atoms with Crippen LogP contribution in [-0.2, 0) is 6.54 Å². The second-order valence-electron chi connectivity index (χ2n) is 6.17. The van der Waals surface area contributed by atoms with Crippen LogP contribution < -0.4 is 10.6 Å². The molecule has 2 N–H and O–H groups in total. The average Bonchev–Trinajstić information content (AvgIpc) is 2.67. The van der Waals surface area contributed by atoms with Gasteiger partial charge in [0.25, 0.3) is 5.91 Å². The number of pyridine rings is 1. The highest BCUT2D eigenvalue weighted by Gasteiger charge is 2.13. The first-order valence-corrected chi connectivity index (χ1v) is 8.50. The summed E-state index contributed by atoms with van der Waals surface area (Å²) in [5, 5.41) is 6.12. The molecule has 6 nitrogen and oxygen atoms in total. The predicted molar refractivity (Wildman–Crippen MR) is 102 cm³/mol. The Labute approximate surface area is 152 Å². The molecule has 1 amide bonds. The Bertz CT molecular complexity index is 866. The van der Waals surface area contributed by atoms with Crippen molar-refractivity contribution < 1.29 is 4.79 Å². The van der Waals surface area contributed by atoms with Crippen molar-refractivity contribution in [1.29, 1.82) is 0 Å². The first kappa shape index (κ1) is 17.5. The number of rotatable bonds is 6. The molecule has 0 saturated heterocycles. The van der Waals surface area contributed by atoms with Crippen LogP contribution in [0.2, 0.25) is 0 Å². The van der Waals surface area contributed by atoms with Crippen molar-refractivity contribution in [3.63, 3.8) is 0 Å². The Kier molecular flexibility index (Phi) is 5.53. The summed E-state index contributed by atoms with van der Waals surface area (Å²) in [7, 11) is 0. The average molecular weight is 347 g/mol. The second-order valence-corrected chi connectivity index (χ2v) is 6.17. The highest BCUT2D eigenvalue weighted by Crippen LogP contribution is 2.18. The van der Waals surface area contributed by atoms with Gasteiger partial charge < -0.3 is 10.6 Å². The van der Waals surface area contributed by atoms with Gasteiger partial charge in [-0.3, -0.25) is 9.78 Å². The monoisotopic (exact) mass is 347 g/mol. The minimum absolute atomic E-state index is 0.194. The van der Waals surface area contributed by atoms with Crippen molar-refractivity contribution in [3.05, 3.63) is 72.2 Å². The molecule has 0 radical (unpaired) electrons. The summed E-state index contributed by atoms with van der Waals surface area (Å²) >= 11 is 0. The maximum absolute atomic E-state index is 12.6. The van der Waals surface area contributed by atoms with Gasteiger partial charge in [0, 0.05) is 36.6 Å². The first-order valence-electron chi connectivity index (χ1n) is 8.50. The largest absolute Gasteiger partial charge is 0.368 e. The van der Waals surface area contributed by atoms with Crippen molar-refractivity contribution in [2.75, 3.05) is 5.32 Å². The third-order valence-corrected chi connectivity index (χ3v) is 3.60. The predicted octanol–water partition coefficient (Wildman–Crippen LogP) is 3.29. The van der Waals surface area contributed by atoms with Gasteiger partial charge in [0.05, 0.1) is 0 Å².